The highest BCUT2D eigenvalue weighted by Gasteiger charge is 2.17. The van der Waals surface area contributed by atoms with E-state index in [4.69, 9.17) is 0 Å². The van der Waals surface area contributed by atoms with Crippen LogP contribution in [0.1, 0.15) is 28.8 Å². The van der Waals surface area contributed by atoms with Crippen molar-refractivity contribution in [3.8, 4) is 5.75 Å². The molecule has 3 aromatic rings. The molecule has 6 nitrogen and oxygen atoms in total. The lowest BCUT2D eigenvalue weighted by molar-refractivity contribution is -0.0498. The van der Waals surface area contributed by atoms with Gasteiger partial charge in [-0.15, -0.1) is 0 Å². The van der Waals surface area contributed by atoms with E-state index >= 15 is 0 Å². The molecule has 0 radical (unpaired) electrons. The maximum absolute atomic E-state index is 13.3. The van der Waals surface area contributed by atoms with Crippen LogP contribution in [-0.4, -0.2) is 32.9 Å². The molecule has 3 N–H and O–H groups in total. The van der Waals surface area contributed by atoms with Gasteiger partial charge in [-0.2, -0.15) is 8.78 Å². The Labute approximate surface area is 196 Å². The van der Waals surface area contributed by atoms with E-state index in [1.54, 1.807) is 48.5 Å². The number of benzene rings is 3. The summed E-state index contributed by atoms with van der Waals surface area (Å²) >= 11 is 0. The fourth-order valence-corrected chi connectivity index (χ4v) is 4.00. The molecule has 3 rings (SSSR count). The molecule has 0 saturated carbocycles. The van der Waals surface area contributed by atoms with Crippen LogP contribution < -0.4 is 14.8 Å². The maximum atomic E-state index is 13.3. The Bertz CT molecular complexity index is 1170. The van der Waals surface area contributed by atoms with Crippen molar-refractivity contribution in [1.82, 2.24) is 5.32 Å². The van der Waals surface area contributed by atoms with Gasteiger partial charge in [0.05, 0.1) is 12.4 Å². The van der Waals surface area contributed by atoms with E-state index in [-0.39, 0.29) is 24.2 Å². The molecular weight excluding hydrogens is 469 g/mol. The Morgan fingerprint density at radius 3 is 2.26 bits per heavy atom. The topological polar surface area (TPSA) is 87.7 Å². The number of sulfonamides is 1. The normalized spacial score (nSPS) is 13.5. The van der Waals surface area contributed by atoms with E-state index in [1.165, 1.54) is 24.3 Å². The molecule has 2 atom stereocenters. The monoisotopic (exact) mass is 494 g/mol. The zero-order valence-corrected chi connectivity index (χ0v) is 19.1. The van der Waals surface area contributed by atoms with Gasteiger partial charge in [-0.25, -0.2) is 12.8 Å². The molecule has 0 fully saturated rings. The highest BCUT2D eigenvalue weighted by atomic mass is 32.2. The van der Waals surface area contributed by atoms with Crippen LogP contribution in [0.2, 0.25) is 0 Å². The van der Waals surface area contributed by atoms with Gasteiger partial charge in [0, 0.05) is 18.3 Å². The molecule has 34 heavy (non-hydrogen) atoms. The fraction of sp³-hybridized carbons (Fsp3) is 0.250. The van der Waals surface area contributed by atoms with Gasteiger partial charge >= 0.3 is 6.61 Å². The Morgan fingerprint density at radius 2 is 1.65 bits per heavy atom. The third kappa shape index (κ3) is 8.05. The molecule has 3 aromatic carbocycles. The van der Waals surface area contributed by atoms with Crippen molar-refractivity contribution < 1.29 is 31.4 Å². The quantitative estimate of drug-likeness (QED) is 0.368. The van der Waals surface area contributed by atoms with Gasteiger partial charge in [-0.3, -0.25) is 4.72 Å². The second kappa shape index (κ2) is 11.4. The largest absolute Gasteiger partial charge is 0.435 e. The van der Waals surface area contributed by atoms with Gasteiger partial charge in [0.2, 0.25) is 10.0 Å². The van der Waals surface area contributed by atoms with Gasteiger partial charge in [0.15, 0.2) is 0 Å². The predicted octanol–water partition coefficient (Wildman–Crippen LogP) is 4.41. The molecule has 1 unspecified atom stereocenters. The number of hydrogen-bond donors (Lipinski definition) is 3. The predicted molar refractivity (Wildman–Crippen MR) is 124 cm³/mol. The minimum absolute atomic E-state index is 0.0227. The van der Waals surface area contributed by atoms with Crippen LogP contribution in [-0.2, 0) is 16.4 Å². The molecule has 0 aliphatic rings. The smallest absolute Gasteiger partial charge is 0.387 e. The Balaban J connectivity index is 1.75. The van der Waals surface area contributed by atoms with Crippen molar-refractivity contribution in [3.05, 3.63) is 95.3 Å². The highest BCUT2D eigenvalue weighted by molar-refractivity contribution is 7.92. The van der Waals surface area contributed by atoms with Crippen molar-refractivity contribution in [2.45, 2.75) is 25.2 Å². The van der Waals surface area contributed by atoms with E-state index in [1.807, 2.05) is 0 Å². The molecule has 182 valence electrons. The Hall–Kier alpha value is -3.08. The first-order valence-corrected chi connectivity index (χ1v) is 12.3. The summed E-state index contributed by atoms with van der Waals surface area (Å²) in [7, 11) is -3.46. The molecule has 0 amide bonds. The van der Waals surface area contributed by atoms with Crippen molar-refractivity contribution >= 4 is 15.7 Å². The summed E-state index contributed by atoms with van der Waals surface area (Å²) in [5, 5.41) is 13.9. The summed E-state index contributed by atoms with van der Waals surface area (Å²) in [6, 6.07) is 18.2. The van der Waals surface area contributed by atoms with E-state index in [2.05, 4.69) is 14.8 Å². The number of nitrogens with one attached hydrogen (secondary N) is 2. The van der Waals surface area contributed by atoms with Crippen molar-refractivity contribution in [2.24, 2.45) is 0 Å². The van der Waals surface area contributed by atoms with E-state index in [0.717, 1.165) is 17.4 Å². The number of alkyl halides is 2. The molecule has 0 bridgehead atoms. The second-order valence-electron chi connectivity index (χ2n) is 7.75. The van der Waals surface area contributed by atoms with Gasteiger partial charge in [-0.1, -0.05) is 36.4 Å². The molecule has 0 saturated heterocycles. The zero-order chi connectivity index (χ0) is 24.7. The lowest BCUT2D eigenvalue weighted by Gasteiger charge is -2.22. The van der Waals surface area contributed by atoms with Crippen molar-refractivity contribution in [3.63, 3.8) is 0 Å². The lowest BCUT2D eigenvalue weighted by atomic mass is 9.98. The molecular formula is C24H25F3N2O4S. The standard InChI is InChI=1S/C24H25F3N2O4S/c1-34(31,32)29-20-4-2-3-18(14-20)23(30)15-28-22(13-16-5-9-19(25)10-6-16)17-7-11-21(12-8-17)33-24(26)27/h2-12,14,22-24,28-30H,13,15H2,1H3/t22?,23-/m0/s1. The summed E-state index contributed by atoms with van der Waals surface area (Å²) in [6.45, 7) is -2.81. The average Bonchev–Trinajstić information content (AvgIpc) is 2.77. The SMILES string of the molecule is CS(=O)(=O)Nc1cccc([C@@H](O)CNC(Cc2ccc(F)cc2)c2ccc(OC(F)F)cc2)c1. The number of hydrogen-bond acceptors (Lipinski definition) is 5. The van der Waals surface area contributed by atoms with Crippen LogP contribution in [0, 0.1) is 5.82 Å². The van der Waals surface area contributed by atoms with Gasteiger partial charge in [0.1, 0.15) is 11.6 Å². The Morgan fingerprint density at radius 1 is 0.971 bits per heavy atom. The zero-order valence-electron chi connectivity index (χ0n) is 18.3. The maximum Gasteiger partial charge on any atom is 0.387 e. The number of rotatable bonds is 11. The van der Waals surface area contributed by atoms with Crippen LogP contribution >= 0.6 is 0 Å². The Kier molecular flexibility index (Phi) is 8.54. The van der Waals surface area contributed by atoms with E-state index in [9.17, 15) is 26.7 Å². The number of halogens is 3. The molecule has 0 aliphatic heterocycles. The first-order chi connectivity index (χ1) is 16.1. The second-order valence-corrected chi connectivity index (χ2v) is 9.50. The first kappa shape index (κ1) is 25.5. The summed E-state index contributed by atoms with van der Waals surface area (Å²) in [6.07, 6.45) is 0.519. The van der Waals surface area contributed by atoms with Crippen molar-refractivity contribution in [2.75, 3.05) is 17.5 Å². The van der Waals surface area contributed by atoms with E-state index < -0.39 is 22.7 Å². The van der Waals surface area contributed by atoms with Gasteiger partial charge in [0.25, 0.3) is 0 Å². The van der Waals surface area contributed by atoms with Crippen LogP contribution in [0.3, 0.4) is 0 Å². The third-order valence-corrected chi connectivity index (χ3v) is 5.60. The fourth-order valence-electron chi connectivity index (χ4n) is 3.44. The van der Waals surface area contributed by atoms with Crippen LogP contribution in [0.15, 0.2) is 72.8 Å². The van der Waals surface area contributed by atoms with Crippen LogP contribution in [0.4, 0.5) is 18.9 Å². The third-order valence-electron chi connectivity index (χ3n) is 4.99. The minimum atomic E-state index is -3.46. The van der Waals surface area contributed by atoms with Gasteiger partial charge < -0.3 is 15.2 Å². The average molecular weight is 495 g/mol. The van der Waals surface area contributed by atoms with E-state index in [0.29, 0.717) is 17.7 Å². The molecule has 0 heterocycles. The van der Waals surface area contributed by atoms with Crippen molar-refractivity contribution in [1.29, 1.82) is 0 Å². The van der Waals surface area contributed by atoms with Crippen LogP contribution in [0.5, 0.6) is 5.75 Å². The lowest BCUT2D eigenvalue weighted by Crippen LogP contribution is -2.28. The number of aliphatic hydroxyl groups excluding tert-OH is 1. The van der Waals surface area contributed by atoms with Crippen LogP contribution in [0.25, 0.3) is 0 Å². The summed E-state index contributed by atoms with van der Waals surface area (Å²) in [4.78, 5) is 0. The number of ether oxygens (including phenoxy) is 1. The number of aliphatic hydroxyl groups is 1. The molecule has 0 spiro atoms. The first-order valence-electron chi connectivity index (χ1n) is 10.4. The molecule has 0 aromatic heterocycles. The summed E-state index contributed by atoms with van der Waals surface area (Å²) < 4.78 is 67.9. The summed E-state index contributed by atoms with van der Waals surface area (Å²) in [5.74, 6) is -0.339. The molecule has 10 heteroatoms. The summed E-state index contributed by atoms with van der Waals surface area (Å²) in [5.41, 5.74) is 2.42. The highest BCUT2D eigenvalue weighted by Crippen LogP contribution is 2.24. The number of anilines is 1. The molecule has 0 aliphatic carbocycles. The van der Waals surface area contributed by atoms with Gasteiger partial charge in [-0.05, 0) is 59.5 Å². The minimum Gasteiger partial charge on any atom is -0.435 e.